The molecule has 1 N–H and O–H groups in total. The second-order valence-electron chi connectivity index (χ2n) is 6.15. The number of carbonyl (C=O) groups is 1. The maximum absolute atomic E-state index is 12.1. The molecule has 0 spiro atoms. The number of hydrogen-bond donors (Lipinski definition) is 1. The maximum Gasteiger partial charge on any atom is 0.248 e. The van der Waals surface area contributed by atoms with E-state index in [0.29, 0.717) is 6.61 Å². The standard InChI is InChI=1S/C23H20BrNO2/c1-17-7-13-22(21(24)15-17)25-23(26)14-10-18-8-11-20(12-9-18)27-16-19-5-3-2-4-6-19/h2-15H,16H2,1H3,(H,25,26)/b14-10+. The van der Waals surface area contributed by atoms with Crippen molar-refractivity contribution in [3.8, 4) is 5.75 Å². The molecule has 0 saturated carbocycles. The third-order valence-corrected chi connectivity index (χ3v) is 4.59. The van der Waals surface area contributed by atoms with E-state index in [-0.39, 0.29) is 5.91 Å². The second kappa shape index (κ2) is 9.19. The van der Waals surface area contributed by atoms with Gasteiger partial charge in [-0.1, -0.05) is 48.5 Å². The molecule has 1 amide bonds. The summed E-state index contributed by atoms with van der Waals surface area (Å²) < 4.78 is 6.63. The average molecular weight is 422 g/mol. The normalized spacial score (nSPS) is 10.7. The monoisotopic (exact) mass is 421 g/mol. The molecule has 0 fully saturated rings. The van der Waals surface area contributed by atoms with E-state index < -0.39 is 0 Å². The van der Waals surface area contributed by atoms with Crippen molar-refractivity contribution in [3.63, 3.8) is 0 Å². The Morgan fingerprint density at radius 1 is 1.04 bits per heavy atom. The van der Waals surface area contributed by atoms with Gasteiger partial charge in [0.05, 0.1) is 5.69 Å². The Kier molecular flexibility index (Phi) is 6.44. The molecular weight excluding hydrogens is 402 g/mol. The van der Waals surface area contributed by atoms with E-state index in [0.717, 1.165) is 32.6 Å². The van der Waals surface area contributed by atoms with Crippen LogP contribution in [-0.2, 0) is 11.4 Å². The van der Waals surface area contributed by atoms with Crippen LogP contribution in [-0.4, -0.2) is 5.91 Å². The minimum Gasteiger partial charge on any atom is -0.489 e. The van der Waals surface area contributed by atoms with E-state index in [1.54, 1.807) is 6.08 Å². The Labute approximate surface area is 167 Å². The second-order valence-corrected chi connectivity index (χ2v) is 7.00. The third-order valence-electron chi connectivity index (χ3n) is 3.94. The number of benzene rings is 3. The van der Waals surface area contributed by atoms with E-state index in [4.69, 9.17) is 4.74 Å². The van der Waals surface area contributed by atoms with Crippen molar-refractivity contribution in [1.82, 2.24) is 0 Å². The van der Waals surface area contributed by atoms with Crippen LogP contribution in [0, 0.1) is 6.92 Å². The van der Waals surface area contributed by atoms with Gasteiger partial charge in [-0.3, -0.25) is 4.79 Å². The predicted molar refractivity (Wildman–Crippen MR) is 114 cm³/mol. The summed E-state index contributed by atoms with van der Waals surface area (Å²) in [5, 5.41) is 2.86. The number of carbonyl (C=O) groups excluding carboxylic acids is 1. The van der Waals surface area contributed by atoms with E-state index in [1.165, 1.54) is 6.08 Å². The Hall–Kier alpha value is -2.85. The first kappa shape index (κ1) is 18.9. The highest BCUT2D eigenvalue weighted by Gasteiger charge is 2.03. The van der Waals surface area contributed by atoms with Crippen molar-refractivity contribution in [2.45, 2.75) is 13.5 Å². The summed E-state index contributed by atoms with van der Waals surface area (Å²) in [6.07, 6.45) is 3.30. The molecule has 0 bridgehead atoms. The van der Waals surface area contributed by atoms with E-state index >= 15 is 0 Å². The quantitative estimate of drug-likeness (QED) is 0.496. The zero-order valence-corrected chi connectivity index (χ0v) is 16.6. The van der Waals surface area contributed by atoms with Gasteiger partial charge in [-0.2, -0.15) is 0 Å². The molecule has 136 valence electrons. The summed E-state index contributed by atoms with van der Waals surface area (Å²) in [5.41, 5.74) is 3.94. The summed E-state index contributed by atoms with van der Waals surface area (Å²) in [6, 6.07) is 23.5. The molecule has 0 atom stereocenters. The van der Waals surface area contributed by atoms with Crippen molar-refractivity contribution < 1.29 is 9.53 Å². The minimum absolute atomic E-state index is 0.177. The lowest BCUT2D eigenvalue weighted by atomic mass is 10.2. The van der Waals surface area contributed by atoms with Crippen molar-refractivity contribution in [2.75, 3.05) is 5.32 Å². The largest absolute Gasteiger partial charge is 0.489 e. The minimum atomic E-state index is -0.177. The highest BCUT2D eigenvalue weighted by atomic mass is 79.9. The van der Waals surface area contributed by atoms with Crippen LogP contribution in [0.5, 0.6) is 5.75 Å². The topological polar surface area (TPSA) is 38.3 Å². The van der Waals surface area contributed by atoms with Crippen molar-refractivity contribution >= 4 is 33.6 Å². The zero-order chi connectivity index (χ0) is 19.1. The van der Waals surface area contributed by atoms with Gasteiger partial charge in [-0.05, 0) is 69.9 Å². The van der Waals surface area contributed by atoms with Crippen LogP contribution in [0.25, 0.3) is 6.08 Å². The summed E-state index contributed by atoms with van der Waals surface area (Å²) in [4.78, 5) is 12.1. The van der Waals surface area contributed by atoms with E-state index in [1.807, 2.05) is 79.7 Å². The summed E-state index contributed by atoms with van der Waals surface area (Å²) in [5.74, 6) is 0.619. The van der Waals surface area contributed by atoms with Gasteiger partial charge in [-0.25, -0.2) is 0 Å². The lowest BCUT2D eigenvalue weighted by Crippen LogP contribution is -2.08. The van der Waals surface area contributed by atoms with Gasteiger partial charge in [-0.15, -0.1) is 0 Å². The number of rotatable bonds is 6. The molecular formula is C23H20BrNO2. The Bertz CT molecular complexity index is 934. The van der Waals surface area contributed by atoms with E-state index in [2.05, 4.69) is 21.2 Å². The van der Waals surface area contributed by atoms with Crippen LogP contribution >= 0.6 is 15.9 Å². The number of hydrogen-bond acceptors (Lipinski definition) is 2. The van der Waals surface area contributed by atoms with Crippen molar-refractivity contribution in [2.24, 2.45) is 0 Å². The van der Waals surface area contributed by atoms with Crippen LogP contribution in [0.4, 0.5) is 5.69 Å². The lowest BCUT2D eigenvalue weighted by molar-refractivity contribution is -0.111. The molecule has 0 unspecified atom stereocenters. The molecule has 4 heteroatoms. The van der Waals surface area contributed by atoms with Crippen molar-refractivity contribution in [1.29, 1.82) is 0 Å². The first-order valence-electron chi connectivity index (χ1n) is 8.62. The Balaban J connectivity index is 1.54. The molecule has 3 nitrogen and oxygen atoms in total. The zero-order valence-electron chi connectivity index (χ0n) is 15.0. The summed E-state index contributed by atoms with van der Waals surface area (Å²) in [7, 11) is 0. The molecule has 0 radical (unpaired) electrons. The molecule has 0 saturated heterocycles. The van der Waals surface area contributed by atoms with Gasteiger partial charge in [0.25, 0.3) is 0 Å². The van der Waals surface area contributed by atoms with Crippen LogP contribution in [0.3, 0.4) is 0 Å². The number of anilines is 1. The Morgan fingerprint density at radius 3 is 2.48 bits per heavy atom. The third kappa shape index (κ3) is 5.83. The fraction of sp³-hybridized carbons (Fsp3) is 0.0870. The van der Waals surface area contributed by atoms with Crippen LogP contribution in [0.15, 0.2) is 83.3 Å². The Morgan fingerprint density at radius 2 is 1.78 bits per heavy atom. The number of halogens is 1. The number of amides is 1. The number of ether oxygens (including phenoxy) is 1. The predicted octanol–water partition coefficient (Wildman–Crippen LogP) is 5.99. The first-order valence-corrected chi connectivity index (χ1v) is 9.41. The molecule has 0 aliphatic rings. The van der Waals surface area contributed by atoms with Crippen LogP contribution < -0.4 is 10.1 Å². The molecule has 0 heterocycles. The van der Waals surface area contributed by atoms with Gasteiger partial charge in [0.2, 0.25) is 5.91 Å². The molecule has 0 aliphatic carbocycles. The van der Waals surface area contributed by atoms with Crippen molar-refractivity contribution in [3.05, 3.63) is 100 Å². The van der Waals surface area contributed by atoms with E-state index in [9.17, 15) is 4.79 Å². The van der Waals surface area contributed by atoms with Gasteiger partial charge in [0.15, 0.2) is 0 Å². The fourth-order valence-electron chi connectivity index (χ4n) is 2.48. The van der Waals surface area contributed by atoms with Gasteiger partial charge in [0.1, 0.15) is 12.4 Å². The molecule has 0 aliphatic heterocycles. The molecule has 3 aromatic carbocycles. The van der Waals surface area contributed by atoms with Crippen LogP contribution in [0.1, 0.15) is 16.7 Å². The number of aryl methyl sites for hydroxylation is 1. The van der Waals surface area contributed by atoms with Gasteiger partial charge in [0, 0.05) is 10.5 Å². The SMILES string of the molecule is Cc1ccc(NC(=O)/C=C/c2ccc(OCc3ccccc3)cc2)c(Br)c1. The van der Waals surface area contributed by atoms with Gasteiger partial charge >= 0.3 is 0 Å². The molecule has 27 heavy (non-hydrogen) atoms. The van der Waals surface area contributed by atoms with Gasteiger partial charge < -0.3 is 10.1 Å². The summed E-state index contributed by atoms with van der Waals surface area (Å²) in [6.45, 7) is 2.54. The first-order chi connectivity index (χ1) is 13.1. The molecule has 0 aromatic heterocycles. The summed E-state index contributed by atoms with van der Waals surface area (Å²) >= 11 is 3.46. The smallest absolute Gasteiger partial charge is 0.248 e. The lowest BCUT2D eigenvalue weighted by Gasteiger charge is -2.07. The average Bonchev–Trinajstić information content (AvgIpc) is 2.68. The molecule has 3 aromatic rings. The highest BCUT2D eigenvalue weighted by molar-refractivity contribution is 9.10. The number of nitrogens with one attached hydrogen (secondary N) is 1. The molecule has 3 rings (SSSR count). The maximum atomic E-state index is 12.1. The van der Waals surface area contributed by atoms with Crippen LogP contribution in [0.2, 0.25) is 0 Å². The highest BCUT2D eigenvalue weighted by Crippen LogP contribution is 2.23. The fourth-order valence-corrected chi connectivity index (χ4v) is 3.08.